The molecule has 0 aliphatic heterocycles. The second-order valence-corrected chi connectivity index (χ2v) is 5.92. The van der Waals surface area contributed by atoms with Gasteiger partial charge in [-0.15, -0.1) is 0 Å². The summed E-state index contributed by atoms with van der Waals surface area (Å²) in [6, 6.07) is 14.5. The van der Waals surface area contributed by atoms with Crippen molar-refractivity contribution in [2.45, 2.75) is 0 Å². The molecule has 2 N–H and O–H groups in total. The molecule has 0 spiro atoms. The zero-order chi connectivity index (χ0) is 21.3. The number of ether oxygens (including phenoxy) is 1. The first-order valence-corrected chi connectivity index (χ1v) is 8.73. The van der Waals surface area contributed by atoms with Crippen LogP contribution in [0.1, 0.15) is 26.5 Å². The summed E-state index contributed by atoms with van der Waals surface area (Å²) in [5.41, 5.74) is 2.99. The second-order valence-electron chi connectivity index (χ2n) is 5.92. The SMILES string of the molecule is O=C(CNC(=O)c1ccco1)N/N=C/c1ccc(OC(=O)c2cccc(F)c2)cc1. The fourth-order valence-corrected chi connectivity index (χ4v) is 2.28. The van der Waals surface area contributed by atoms with Gasteiger partial charge in [0.2, 0.25) is 0 Å². The van der Waals surface area contributed by atoms with Gasteiger partial charge >= 0.3 is 5.97 Å². The first-order chi connectivity index (χ1) is 14.5. The number of esters is 1. The summed E-state index contributed by atoms with van der Waals surface area (Å²) in [4.78, 5) is 35.3. The molecule has 0 bridgehead atoms. The predicted molar refractivity (Wildman–Crippen MR) is 105 cm³/mol. The van der Waals surface area contributed by atoms with Gasteiger partial charge in [-0.2, -0.15) is 5.10 Å². The van der Waals surface area contributed by atoms with E-state index in [0.717, 1.165) is 6.07 Å². The van der Waals surface area contributed by atoms with Crippen LogP contribution in [-0.4, -0.2) is 30.5 Å². The molecular weight excluding hydrogens is 393 g/mol. The Labute approximate surface area is 170 Å². The summed E-state index contributed by atoms with van der Waals surface area (Å²) >= 11 is 0. The number of amides is 2. The molecule has 0 atom stereocenters. The number of hydrogen-bond donors (Lipinski definition) is 2. The molecule has 1 heterocycles. The molecular formula is C21H16FN3O5. The topological polar surface area (TPSA) is 110 Å². The van der Waals surface area contributed by atoms with Gasteiger partial charge in [0.1, 0.15) is 11.6 Å². The van der Waals surface area contributed by atoms with Gasteiger partial charge in [0.25, 0.3) is 11.8 Å². The van der Waals surface area contributed by atoms with Gasteiger partial charge in [0.05, 0.1) is 24.6 Å². The summed E-state index contributed by atoms with van der Waals surface area (Å²) in [6.45, 7) is -0.272. The molecule has 3 aromatic rings. The third kappa shape index (κ3) is 5.86. The van der Waals surface area contributed by atoms with Gasteiger partial charge in [-0.3, -0.25) is 9.59 Å². The van der Waals surface area contributed by atoms with E-state index in [9.17, 15) is 18.8 Å². The van der Waals surface area contributed by atoms with Gasteiger partial charge < -0.3 is 14.5 Å². The molecule has 0 saturated carbocycles. The predicted octanol–water partition coefficient (Wildman–Crippen LogP) is 2.52. The third-order valence-electron chi connectivity index (χ3n) is 3.71. The molecule has 8 nitrogen and oxygen atoms in total. The molecule has 0 fully saturated rings. The summed E-state index contributed by atoms with van der Waals surface area (Å²) in [5.74, 6) is -1.87. The highest BCUT2D eigenvalue weighted by Crippen LogP contribution is 2.14. The Morgan fingerprint density at radius 2 is 1.87 bits per heavy atom. The number of carbonyl (C=O) groups is 3. The molecule has 0 radical (unpaired) electrons. The largest absolute Gasteiger partial charge is 0.459 e. The molecule has 152 valence electrons. The number of hydrogen-bond acceptors (Lipinski definition) is 6. The number of rotatable bonds is 7. The van der Waals surface area contributed by atoms with Crippen molar-refractivity contribution < 1.29 is 27.9 Å². The zero-order valence-corrected chi connectivity index (χ0v) is 15.5. The summed E-state index contributed by atoms with van der Waals surface area (Å²) in [5, 5.41) is 6.17. The molecule has 0 saturated heterocycles. The molecule has 30 heavy (non-hydrogen) atoms. The Morgan fingerprint density at radius 1 is 1.07 bits per heavy atom. The number of benzene rings is 2. The Bertz CT molecular complexity index is 1060. The van der Waals surface area contributed by atoms with Crippen molar-refractivity contribution in [3.05, 3.63) is 89.6 Å². The van der Waals surface area contributed by atoms with Gasteiger partial charge in [-0.1, -0.05) is 6.07 Å². The van der Waals surface area contributed by atoms with Crippen molar-refractivity contribution in [1.82, 2.24) is 10.7 Å². The van der Waals surface area contributed by atoms with E-state index in [2.05, 4.69) is 15.8 Å². The number of hydrazone groups is 1. The first kappa shape index (κ1) is 20.5. The van der Waals surface area contributed by atoms with E-state index in [1.807, 2.05) is 0 Å². The first-order valence-electron chi connectivity index (χ1n) is 8.73. The van der Waals surface area contributed by atoms with Crippen molar-refractivity contribution in [1.29, 1.82) is 0 Å². The van der Waals surface area contributed by atoms with Gasteiger partial charge in [0, 0.05) is 0 Å². The number of nitrogens with zero attached hydrogens (tertiary/aromatic N) is 1. The minimum Gasteiger partial charge on any atom is -0.459 e. The Kier molecular flexibility index (Phi) is 6.67. The summed E-state index contributed by atoms with van der Waals surface area (Å²) in [7, 11) is 0. The molecule has 0 aliphatic carbocycles. The molecule has 3 rings (SSSR count). The summed E-state index contributed by atoms with van der Waals surface area (Å²) in [6.07, 6.45) is 2.73. The lowest BCUT2D eigenvalue weighted by molar-refractivity contribution is -0.120. The maximum Gasteiger partial charge on any atom is 0.343 e. The number of nitrogens with one attached hydrogen (secondary N) is 2. The third-order valence-corrected chi connectivity index (χ3v) is 3.71. The maximum atomic E-state index is 13.2. The van der Waals surface area contributed by atoms with Crippen LogP contribution < -0.4 is 15.5 Å². The normalized spacial score (nSPS) is 10.6. The van der Waals surface area contributed by atoms with Crippen molar-refractivity contribution in [3.63, 3.8) is 0 Å². The van der Waals surface area contributed by atoms with Crippen LogP contribution in [0, 0.1) is 5.82 Å². The maximum absolute atomic E-state index is 13.2. The van der Waals surface area contributed by atoms with E-state index in [4.69, 9.17) is 9.15 Å². The van der Waals surface area contributed by atoms with Crippen molar-refractivity contribution in [2.24, 2.45) is 5.10 Å². The van der Waals surface area contributed by atoms with Crippen LogP contribution in [0.15, 0.2) is 76.4 Å². The van der Waals surface area contributed by atoms with Crippen LogP contribution in [0.2, 0.25) is 0 Å². The minimum atomic E-state index is -0.681. The van der Waals surface area contributed by atoms with Crippen LogP contribution in [-0.2, 0) is 4.79 Å². The van der Waals surface area contributed by atoms with Crippen LogP contribution in [0.4, 0.5) is 4.39 Å². The van der Waals surface area contributed by atoms with Gasteiger partial charge in [0.15, 0.2) is 5.76 Å². The zero-order valence-electron chi connectivity index (χ0n) is 15.5. The highest BCUT2D eigenvalue weighted by Gasteiger charge is 2.10. The average Bonchev–Trinajstić information content (AvgIpc) is 3.28. The standard InChI is InChI=1S/C21H16FN3O5/c22-16-4-1-3-15(11-16)21(28)30-17-8-6-14(7-9-17)12-24-25-19(26)13-23-20(27)18-5-2-10-29-18/h1-12H,13H2,(H,23,27)(H,25,26)/b24-12+. The van der Waals surface area contributed by atoms with Gasteiger partial charge in [-0.05, 0) is 60.2 Å². The Morgan fingerprint density at radius 3 is 2.57 bits per heavy atom. The fraction of sp³-hybridized carbons (Fsp3) is 0.0476. The highest BCUT2D eigenvalue weighted by atomic mass is 19.1. The smallest absolute Gasteiger partial charge is 0.343 e. The quantitative estimate of drug-likeness (QED) is 0.270. The number of carbonyl (C=O) groups excluding carboxylic acids is 3. The molecule has 9 heteroatoms. The van der Waals surface area contributed by atoms with Crippen LogP contribution in [0.3, 0.4) is 0 Å². The average molecular weight is 409 g/mol. The van der Waals surface area contributed by atoms with Crippen LogP contribution in [0.5, 0.6) is 5.75 Å². The van der Waals surface area contributed by atoms with E-state index < -0.39 is 23.6 Å². The Balaban J connectivity index is 1.45. The highest BCUT2D eigenvalue weighted by molar-refractivity contribution is 5.94. The van der Waals surface area contributed by atoms with Crippen LogP contribution >= 0.6 is 0 Å². The molecule has 2 amide bonds. The lowest BCUT2D eigenvalue weighted by Crippen LogP contribution is -2.34. The van der Waals surface area contributed by atoms with E-state index in [1.54, 1.807) is 18.2 Å². The molecule has 0 unspecified atom stereocenters. The van der Waals surface area contributed by atoms with E-state index >= 15 is 0 Å². The van der Waals surface area contributed by atoms with E-state index in [-0.39, 0.29) is 23.6 Å². The van der Waals surface area contributed by atoms with E-state index in [1.165, 1.54) is 48.9 Å². The number of furan rings is 1. The molecule has 0 aliphatic rings. The van der Waals surface area contributed by atoms with Crippen LogP contribution in [0.25, 0.3) is 0 Å². The van der Waals surface area contributed by atoms with Crippen molar-refractivity contribution >= 4 is 24.0 Å². The minimum absolute atomic E-state index is 0.0995. The monoisotopic (exact) mass is 409 g/mol. The fourth-order valence-electron chi connectivity index (χ4n) is 2.28. The summed E-state index contributed by atoms with van der Waals surface area (Å²) < 4.78 is 23.2. The Hall–Kier alpha value is -4.27. The molecule has 2 aromatic carbocycles. The number of halogens is 1. The molecule has 1 aromatic heterocycles. The lowest BCUT2D eigenvalue weighted by atomic mass is 10.2. The van der Waals surface area contributed by atoms with Crippen molar-refractivity contribution in [3.8, 4) is 5.75 Å². The van der Waals surface area contributed by atoms with Gasteiger partial charge in [-0.25, -0.2) is 14.6 Å². The van der Waals surface area contributed by atoms with E-state index in [0.29, 0.717) is 5.56 Å². The van der Waals surface area contributed by atoms with Crippen molar-refractivity contribution in [2.75, 3.05) is 6.54 Å². The lowest BCUT2D eigenvalue weighted by Gasteiger charge is -2.05. The second kappa shape index (κ2) is 9.78.